The van der Waals surface area contributed by atoms with Gasteiger partial charge in [0.15, 0.2) is 5.65 Å². The quantitative estimate of drug-likeness (QED) is 0.848. The molecule has 1 N–H and O–H groups in total. The number of aromatic nitrogens is 3. The summed E-state index contributed by atoms with van der Waals surface area (Å²) in [4.78, 5) is 2.21. The van der Waals surface area contributed by atoms with Crippen LogP contribution in [0.2, 0.25) is 0 Å². The van der Waals surface area contributed by atoms with Gasteiger partial charge < -0.3 is 10.0 Å². The van der Waals surface area contributed by atoms with Crippen LogP contribution in [0.4, 0.5) is 5.95 Å². The second kappa shape index (κ2) is 3.93. The standard InChI is InChI=1S/C14H20N4O/c1-13(2)10-17(9-7-14(13,3)19)12-16-15-11-6-4-5-8-18(11)12/h4-6,8,19H,7,9-10H2,1-3H3/t14-/m1/s1. The highest BCUT2D eigenvalue weighted by molar-refractivity contribution is 5.46. The van der Waals surface area contributed by atoms with Crippen LogP contribution in [0.5, 0.6) is 0 Å². The number of anilines is 1. The predicted molar refractivity (Wildman–Crippen MR) is 74.2 cm³/mol. The van der Waals surface area contributed by atoms with Crippen molar-refractivity contribution in [3.05, 3.63) is 24.4 Å². The highest BCUT2D eigenvalue weighted by Gasteiger charge is 2.44. The lowest BCUT2D eigenvalue weighted by atomic mass is 9.71. The molecule has 5 nitrogen and oxygen atoms in total. The van der Waals surface area contributed by atoms with Crippen molar-refractivity contribution in [1.82, 2.24) is 14.6 Å². The second-order valence-electron chi connectivity index (χ2n) is 6.26. The topological polar surface area (TPSA) is 53.7 Å². The van der Waals surface area contributed by atoms with Gasteiger partial charge in [-0.15, -0.1) is 10.2 Å². The number of hydrogen-bond donors (Lipinski definition) is 1. The summed E-state index contributed by atoms with van der Waals surface area (Å²) in [6.45, 7) is 7.69. The zero-order valence-electron chi connectivity index (χ0n) is 11.7. The molecule has 5 heteroatoms. The van der Waals surface area contributed by atoms with Crippen molar-refractivity contribution >= 4 is 11.6 Å². The Morgan fingerprint density at radius 3 is 2.74 bits per heavy atom. The highest BCUT2D eigenvalue weighted by atomic mass is 16.3. The second-order valence-corrected chi connectivity index (χ2v) is 6.26. The average Bonchev–Trinajstić information content (AvgIpc) is 2.77. The molecule has 0 aliphatic carbocycles. The number of piperidine rings is 1. The van der Waals surface area contributed by atoms with Gasteiger partial charge in [-0.05, 0) is 25.5 Å². The first-order chi connectivity index (χ1) is 8.91. The minimum Gasteiger partial charge on any atom is -0.389 e. The summed E-state index contributed by atoms with van der Waals surface area (Å²) in [6, 6.07) is 5.88. The number of nitrogens with zero attached hydrogens (tertiary/aromatic N) is 4. The molecule has 0 saturated carbocycles. The summed E-state index contributed by atoms with van der Waals surface area (Å²) in [5, 5.41) is 18.9. The molecule has 0 amide bonds. The van der Waals surface area contributed by atoms with Gasteiger partial charge in [-0.2, -0.15) is 0 Å². The molecule has 19 heavy (non-hydrogen) atoms. The number of hydrogen-bond acceptors (Lipinski definition) is 4. The summed E-state index contributed by atoms with van der Waals surface area (Å²) in [5.41, 5.74) is 0.0446. The Hall–Kier alpha value is -1.62. The highest BCUT2D eigenvalue weighted by Crippen LogP contribution is 2.39. The molecule has 1 atom stereocenters. The van der Waals surface area contributed by atoms with Crippen LogP contribution in [0.15, 0.2) is 24.4 Å². The molecule has 2 aromatic rings. The minimum absolute atomic E-state index is 0.175. The van der Waals surface area contributed by atoms with Gasteiger partial charge in [-0.3, -0.25) is 4.40 Å². The van der Waals surface area contributed by atoms with E-state index in [0.717, 1.165) is 31.1 Å². The molecule has 3 heterocycles. The largest absolute Gasteiger partial charge is 0.389 e. The van der Waals surface area contributed by atoms with Crippen LogP contribution >= 0.6 is 0 Å². The van der Waals surface area contributed by atoms with Crippen LogP contribution < -0.4 is 4.90 Å². The van der Waals surface area contributed by atoms with E-state index in [1.807, 2.05) is 35.7 Å². The van der Waals surface area contributed by atoms with E-state index in [1.54, 1.807) is 0 Å². The monoisotopic (exact) mass is 260 g/mol. The van der Waals surface area contributed by atoms with E-state index in [4.69, 9.17) is 0 Å². The van der Waals surface area contributed by atoms with Gasteiger partial charge in [0.05, 0.1) is 5.60 Å². The van der Waals surface area contributed by atoms with E-state index in [-0.39, 0.29) is 5.41 Å². The van der Waals surface area contributed by atoms with Crippen molar-refractivity contribution in [3.8, 4) is 0 Å². The maximum absolute atomic E-state index is 10.5. The van der Waals surface area contributed by atoms with E-state index in [2.05, 4.69) is 28.9 Å². The maximum atomic E-state index is 10.5. The third-order valence-electron chi connectivity index (χ3n) is 4.49. The minimum atomic E-state index is -0.635. The van der Waals surface area contributed by atoms with Crippen molar-refractivity contribution in [3.63, 3.8) is 0 Å². The van der Waals surface area contributed by atoms with Gasteiger partial charge in [0.25, 0.3) is 0 Å². The summed E-state index contributed by atoms with van der Waals surface area (Å²) < 4.78 is 2.00. The van der Waals surface area contributed by atoms with Gasteiger partial charge in [0, 0.05) is 24.7 Å². The van der Waals surface area contributed by atoms with E-state index in [1.165, 1.54) is 0 Å². The molecule has 102 valence electrons. The first-order valence-corrected chi connectivity index (χ1v) is 6.68. The summed E-state index contributed by atoms with van der Waals surface area (Å²) in [6.07, 6.45) is 2.71. The average molecular weight is 260 g/mol. The third-order valence-corrected chi connectivity index (χ3v) is 4.49. The molecule has 0 aromatic carbocycles. The molecular weight excluding hydrogens is 240 g/mol. The summed E-state index contributed by atoms with van der Waals surface area (Å²) in [7, 11) is 0. The Kier molecular flexibility index (Phi) is 2.57. The molecule has 2 aromatic heterocycles. The van der Waals surface area contributed by atoms with Crippen LogP contribution in [0.1, 0.15) is 27.2 Å². The molecule has 0 bridgehead atoms. The Labute approximate surface area is 112 Å². The Morgan fingerprint density at radius 1 is 1.21 bits per heavy atom. The fourth-order valence-electron chi connectivity index (χ4n) is 2.63. The Bertz CT molecular complexity index is 602. The normalized spacial score (nSPS) is 26.8. The zero-order valence-corrected chi connectivity index (χ0v) is 11.7. The molecule has 0 unspecified atom stereocenters. The summed E-state index contributed by atoms with van der Waals surface area (Å²) in [5.74, 6) is 0.860. The van der Waals surface area contributed by atoms with Crippen LogP contribution in [-0.2, 0) is 0 Å². The van der Waals surface area contributed by atoms with Crippen molar-refractivity contribution in [1.29, 1.82) is 0 Å². The number of rotatable bonds is 1. The van der Waals surface area contributed by atoms with Crippen LogP contribution in [-0.4, -0.2) is 38.4 Å². The third kappa shape index (κ3) is 1.89. The fraction of sp³-hybridized carbons (Fsp3) is 0.571. The predicted octanol–water partition coefficient (Wildman–Crippen LogP) is 1.72. The van der Waals surface area contributed by atoms with Crippen molar-refractivity contribution in [2.75, 3.05) is 18.0 Å². The van der Waals surface area contributed by atoms with E-state index >= 15 is 0 Å². The van der Waals surface area contributed by atoms with E-state index in [0.29, 0.717) is 0 Å². The lowest BCUT2D eigenvalue weighted by molar-refractivity contribution is -0.0651. The molecule has 1 aliphatic heterocycles. The molecule has 1 saturated heterocycles. The first kappa shape index (κ1) is 12.4. The molecular formula is C14H20N4O. The van der Waals surface area contributed by atoms with Crippen LogP contribution in [0.25, 0.3) is 5.65 Å². The van der Waals surface area contributed by atoms with Crippen LogP contribution in [0.3, 0.4) is 0 Å². The number of fused-ring (bicyclic) bond motifs is 1. The lowest BCUT2D eigenvalue weighted by Crippen LogP contribution is -2.56. The maximum Gasteiger partial charge on any atom is 0.231 e. The van der Waals surface area contributed by atoms with E-state index in [9.17, 15) is 5.11 Å². The molecule has 1 aliphatic rings. The van der Waals surface area contributed by atoms with Gasteiger partial charge in [0.2, 0.25) is 5.95 Å². The van der Waals surface area contributed by atoms with Gasteiger partial charge in [-0.25, -0.2) is 0 Å². The van der Waals surface area contributed by atoms with Gasteiger partial charge in [0.1, 0.15) is 0 Å². The van der Waals surface area contributed by atoms with Crippen molar-refractivity contribution in [2.24, 2.45) is 5.41 Å². The fourth-order valence-corrected chi connectivity index (χ4v) is 2.63. The SMILES string of the molecule is CC1(C)CN(c2nnc3ccccn23)CC[C@@]1(C)O. The smallest absolute Gasteiger partial charge is 0.231 e. The van der Waals surface area contributed by atoms with Crippen molar-refractivity contribution in [2.45, 2.75) is 32.8 Å². The summed E-state index contributed by atoms with van der Waals surface area (Å²) >= 11 is 0. The molecule has 0 radical (unpaired) electrons. The molecule has 1 fully saturated rings. The number of pyridine rings is 1. The molecule has 0 spiro atoms. The molecule has 3 rings (SSSR count). The Balaban J connectivity index is 1.96. The lowest BCUT2D eigenvalue weighted by Gasteiger charge is -2.48. The van der Waals surface area contributed by atoms with Gasteiger partial charge >= 0.3 is 0 Å². The number of aliphatic hydroxyl groups is 1. The zero-order chi connectivity index (χ0) is 13.7. The Morgan fingerprint density at radius 2 is 2.00 bits per heavy atom. The van der Waals surface area contributed by atoms with Crippen molar-refractivity contribution < 1.29 is 5.11 Å². The first-order valence-electron chi connectivity index (χ1n) is 6.68. The van der Waals surface area contributed by atoms with Gasteiger partial charge in [-0.1, -0.05) is 19.9 Å². The van der Waals surface area contributed by atoms with E-state index < -0.39 is 5.60 Å². The van der Waals surface area contributed by atoms with Crippen LogP contribution in [0, 0.1) is 5.41 Å².